The number of rotatable bonds is 6. The van der Waals surface area contributed by atoms with E-state index in [1.54, 1.807) is 4.68 Å². The van der Waals surface area contributed by atoms with Gasteiger partial charge in [0.1, 0.15) is 6.54 Å². The number of aryl methyl sites for hydroxylation is 1. The molecule has 0 spiro atoms. The monoisotopic (exact) mass is 291 g/mol. The standard InChI is InChI=1S/C13H17N5O3/c1-3-17-6-4-10(15-17)9(2)14-12(19)8-18-7-5-11(16-18)13(20)21/h4-7,9H,3,8H2,1-2H3,(H,14,19)(H,20,21). The summed E-state index contributed by atoms with van der Waals surface area (Å²) in [6, 6.07) is 2.98. The van der Waals surface area contributed by atoms with Gasteiger partial charge in [0.25, 0.3) is 0 Å². The number of nitrogens with zero attached hydrogens (tertiary/aromatic N) is 4. The molecule has 0 aromatic carbocycles. The van der Waals surface area contributed by atoms with Crippen molar-refractivity contribution in [3.8, 4) is 0 Å². The fraction of sp³-hybridized carbons (Fsp3) is 0.385. The third kappa shape index (κ3) is 3.68. The first kappa shape index (κ1) is 14.8. The summed E-state index contributed by atoms with van der Waals surface area (Å²) in [7, 11) is 0. The largest absolute Gasteiger partial charge is 0.476 e. The highest BCUT2D eigenvalue weighted by molar-refractivity contribution is 5.85. The van der Waals surface area contributed by atoms with E-state index in [0.29, 0.717) is 0 Å². The van der Waals surface area contributed by atoms with Gasteiger partial charge in [0, 0.05) is 18.9 Å². The number of amides is 1. The fourth-order valence-electron chi connectivity index (χ4n) is 1.86. The highest BCUT2D eigenvalue weighted by Crippen LogP contribution is 2.09. The minimum Gasteiger partial charge on any atom is -0.476 e. The molecule has 0 aliphatic heterocycles. The molecule has 1 atom stereocenters. The second kappa shape index (κ2) is 6.21. The van der Waals surface area contributed by atoms with Crippen LogP contribution in [0.1, 0.15) is 36.1 Å². The van der Waals surface area contributed by atoms with Crippen LogP contribution in [0.2, 0.25) is 0 Å². The molecule has 8 heteroatoms. The Bertz CT molecular complexity index is 646. The van der Waals surface area contributed by atoms with Gasteiger partial charge in [-0.3, -0.25) is 14.2 Å². The highest BCUT2D eigenvalue weighted by atomic mass is 16.4. The maximum absolute atomic E-state index is 11.9. The summed E-state index contributed by atoms with van der Waals surface area (Å²) in [5.41, 5.74) is 0.689. The van der Waals surface area contributed by atoms with Gasteiger partial charge in [0.05, 0.1) is 11.7 Å². The lowest BCUT2D eigenvalue weighted by atomic mass is 10.2. The second-order valence-corrected chi connectivity index (χ2v) is 4.59. The van der Waals surface area contributed by atoms with Crippen LogP contribution in [0.5, 0.6) is 0 Å². The van der Waals surface area contributed by atoms with Gasteiger partial charge in [-0.2, -0.15) is 10.2 Å². The Kier molecular flexibility index (Phi) is 4.36. The Balaban J connectivity index is 1.92. The van der Waals surface area contributed by atoms with Crippen molar-refractivity contribution in [1.82, 2.24) is 24.9 Å². The molecule has 0 radical (unpaired) electrons. The Morgan fingerprint density at radius 2 is 2.00 bits per heavy atom. The first-order valence-corrected chi connectivity index (χ1v) is 6.59. The number of carbonyl (C=O) groups excluding carboxylic acids is 1. The molecule has 0 saturated heterocycles. The molecule has 8 nitrogen and oxygen atoms in total. The summed E-state index contributed by atoms with van der Waals surface area (Å²) in [4.78, 5) is 22.6. The zero-order chi connectivity index (χ0) is 15.4. The Labute approximate surface area is 121 Å². The summed E-state index contributed by atoms with van der Waals surface area (Å²) in [6.45, 7) is 4.56. The topological polar surface area (TPSA) is 102 Å². The molecular formula is C13H17N5O3. The van der Waals surface area contributed by atoms with Gasteiger partial charge in [-0.05, 0) is 26.0 Å². The van der Waals surface area contributed by atoms with E-state index in [1.807, 2.05) is 26.1 Å². The summed E-state index contributed by atoms with van der Waals surface area (Å²) in [5.74, 6) is -1.37. The third-order valence-corrected chi connectivity index (χ3v) is 2.97. The van der Waals surface area contributed by atoms with Crippen molar-refractivity contribution >= 4 is 11.9 Å². The van der Waals surface area contributed by atoms with E-state index in [9.17, 15) is 9.59 Å². The van der Waals surface area contributed by atoms with Crippen LogP contribution >= 0.6 is 0 Å². The minimum absolute atomic E-state index is 0.0356. The number of hydrogen-bond donors (Lipinski definition) is 2. The quantitative estimate of drug-likeness (QED) is 0.814. The van der Waals surface area contributed by atoms with Crippen LogP contribution in [-0.2, 0) is 17.9 Å². The number of carbonyl (C=O) groups is 2. The molecule has 2 rings (SSSR count). The van der Waals surface area contributed by atoms with Crippen LogP contribution in [0.3, 0.4) is 0 Å². The first-order valence-electron chi connectivity index (χ1n) is 6.59. The smallest absolute Gasteiger partial charge is 0.356 e. The van der Waals surface area contributed by atoms with Crippen molar-refractivity contribution in [1.29, 1.82) is 0 Å². The predicted octanol–water partition coefficient (Wildman–Crippen LogP) is 0.675. The molecule has 0 bridgehead atoms. The molecule has 21 heavy (non-hydrogen) atoms. The zero-order valence-corrected chi connectivity index (χ0v) is 11.9. The van der Waals surface area contributed by atoms with Crippen molar-refractivity contribution < 1.29 is 14.7 Å². The SMILES string of the molecule is CCn1ccc(C(C)NC(=O)Cn2ccc(C(=O)O)n2)n1. The number of nitrogens with one attached hydrogen (secondary N) is 1. The van der Waals surface area contributed by atoms with E-state index < -0.39 is 5.97 Å². The van der Waals surface area contributed by atoms with E-state index in [2.05, 4.69) is 15.5 Å². The summed E-state index contributed by atoms with van der Waals surface area (Å²) >= 11 is 0. The van der Waals surface area contributed by atoms with Gasteiger partial charge in [0.2, 0.25) is 5.91 Å². The van der Waals surface area contributed by atoms with Crippen LogP contribution in [0, 0.1) is 0 Å². The summed E-state index contributed by atoms with van der Waals surface area (Å²) < 4.78 is 3.07. The lowest BCUT2D eigenvalue weighted by Gasteiger charge is -2.11. The van der Waals surface area contributed by atoms with E-state index in [0.717, 1.165) is 12.2 Å². The first-order chi connectivity index (χ1) is 9.99. The molecule has 112 valence electrons. The molecule has 0 aliphatic rings. The molecule has 2 aromatic heterocycles. The van der Waals surface area contributed by atoms with E-state index in [-0.39, 0.29) is 24.2 Å². The van der Waals surface area contributed by atoms with E-state index in [1.165, 1.54) is 16.9 Å². The number of carboxylic acids is 1. The maximum atomic E-state index is 11.9. The van der Waals surface area contributed by atoms with Crippen LogP contribution in [0.4, 0.5) is 0 Å². The average molecular weight is 291 g/mol. The molecule has 2 aromatic rings. The van der Waals surface area contributed by atoms with Crippen LogP contribution < -0.4 is 5.32 Å². The second-order valence-electron chi connectivity index (χ2n) is 4.59. The third-order valence-electron chi connectivity index (χ3n) is 2.97. The van der Waals surface area contributed by atoms with Crippen molar-refractivity contribution in [3.05, 3.63) is 35.9 Å². The van der Waals surface area contributed by atoms with Gasteiger partial charge >= 0.3 is 5.97 Å². The molecule has 0 fully saturated rings. The number of carboxylic acid groups (broad SMARTS) is 1. The Morgan fingerprint density at radius 3 is 2.57 bits per heavy atom. The zero-order valence-electron chi connectivity index (χ0n) is 11.9. The number of aromatic carboxylic acids is 1. The Hall–Kier alpha value is -2.64. The van der Waals surface area contributed by atoms with E-state index in [4.69, 9.17) is 5.11 Å². The van der Waals surface area contributed by atoms with Crippen LogP contribution in [0.25, 0.3) is 0 Å². The maximum Gasteiger partial charge on any atom is 0.356 e. The normalized spacial score (nSPS) is 12.1. The highest BCUT2D eigenvalue weighted by Gasteiger charge is 2.14. The van der Waals surface area contributed by atoms with Gasteiger partial charge in [0.15, 0.2) is 5.69 Å². The Morgan fingerprint density at radius 1 is 1.29 bits per heavy atom. The average Bonchev–Trinajstić information content (AvgIpc) is 3.06. The van der Waals surface area contributed by atoms with Crippen LogP contribution in [0.15, 0.2) is 24.5 Å². The summed E-state index contributed by atoms with van der Waals surface area (Å²) in [6.07, 6.45) is 3.31. The minimum atomic E-state index is -1.12. The number of hydrogen-bond acceptors (Lipinski definition) is 4. The van der Waals surface area contributed by atoms with E-state index >= 15 is 0 Å². The van der Waals surface area contributed by atoms with Crippen molar-refractivity contribution in [2.24, 2.45) is 0 Å². The molecule has 0 aliphatic carbocycles. The lowest BCUT2D eigenvalue weighted by Crippen LogP contribution is -2.30. The molecular weight excluding hydrogens is 274 g/mol. The molecule has 1 unspecified atom stereocenters. The number of aromatic nitrogens is 4. The summed E-state index contributed by atoms with van der Waals surface area (Å²) in [5, 5.41) is 19.7. The van der Waals surface area contributed by atoms with Gasteiger partial charge in [-0.25, -0.2) is 4.79 Å². The van der Waals surface area contributed by atoms with Crippen molar-refractivity contribution in [2.75, 3.05) is 0 Å². The molecule has 2 heterocycles. The molecule has 1 amide bonds. The van der Waals surface area contributed by atoms with Gasteiger partial charge < -0.3 is 10.4 Å². The fourth-order valence-corrected chi connectivity index (χ4v) is 1.86. The predicted molar refractivity (Wildman–Crippen MR) is 73.6 cm³/mol. The lowest BCUT2D eigenvalue weighted by molar-refractivity contribution is -0.122. The molecule has 0 saturated carbocycles. The van der Waals surface area contributed by atoms with Gasteiger partial charge in [-0.1, -0.05) is 0 Å². The molecule has 2 N–H and O–H groups in total. The van der Waals surface area contributed by atoms with Gasteiger partial charge in [-0.15, -0.1) is 0 Å². The van der Waals surface area contributed by atoms with Crippen molar-refractivity contribution in [3.63, 3.8) is 0 Å². The van der Waals surface area contributed by atoms with Crippen molar-refractivity contribution in [2.45, 2.75) is 33.0 Å². The van der Waals surface area contributed by atoms with Crippen LogP contribution in [-0.4, -0.2) is 36.5 Å².